The summed E-state index contributed by atoms with van der Waals surface area (Å²) in [5.74, 6) is 0. The van der Waals surface area contributed by atoms with Crippen molar-refractivity contribution in [2.75, 3.05) is 0 Å². The topological polar surface area (TPSA) is 36.1 Å². The molecule has 0 atom stereocenters. The van der Waals surface area contributed by atoms with Crippen LogP contribution in [-0.4, -0.2) is 5.71 Å². The molecule has 18 heavy (non-hydrogen) atoms. The average molecular weight is 275 g/mol. The van der Waals surface area contributed by atoms with E-state index in [9.17, 15) is 0 Å². The number of nitriles is 1. The maximum absolute atomic E-state index is 9.15. The molecule has 0 heterocycles. The van der Waals surface area contributed by atoms with Crippen molar-refractivity contribution in [2.45, 2.75) is 0 Å². The fourth-order valence-electron chi connectivity index (χ4n) is 1.44. The SMILES string of the molecule is N#C/C(=N\c1ccc(Cl)cc1)c1ccccc1Cl. The van der Waals surface area contributed by atoms with Crippen molar-refractivity contribution in [1.29, 1.82) is 5.26 Å². The van der Waals surface area contributed by atoms with Crippen LogP contribution in [0.3, 0.4) is 0 Å². The van der Waals surface area contributed by atoms with E-state index in [0.29, 0.717) is 21.3 Å². The van der Waals surface area contributed by atoms with E-state index in [1.165, 1.54) is 0 Å². The van der Waals surface area contributed by atoms with Crippen molar-refractivity contribution in [3.05, 3.63) is 64.1 Å². The van der Waals surface area contributed by atoms with Gasteiger partial charge in [0.25, 0.3) is 0 Å². The highest BCUT2D eigenvalue weighted by atomic mass is 35.5. The Morgan fingerprint density at radius 2 is 1.67 bits per heavy atom. The van der Waals surface area contributed by atoms with Crippen LogP contribution in [0.4, 0.5) is 5.69 Å². The molecule has 0 saturated carbocycles. The van der Waals surface area contributed by atoms with Gasteiger partial charge in [0.05, 0.1) is 10.7 Å². The third kappa shape index (κ3) is 2.89. The number of aliphatic imine (C=N–C) groups is 1. The monoisotopic (exact) mass is 274 g/mol. The number of halogens is 2. The second-order valence-electron chi connectivity index (χ2n) is 3.53. The molecule has 2 rings (SSSR count). The molecule has 4 heteroatoms. The molecule has 0 spiro atoms. The van der Waals surface area contributed by atoms with Gasteiger partial charge in [-0.15, -0.1) is 0 Å². The standard InChI is InChI=1S/C14H8Cl2N2/c15-10-5-7-11(8-6-10)18-14(9-17)12-3-1-2-4-13(12)16/h1-8H/b18-14+. The van der Waals surface area contributed by atoms with Gasteiger partial charge in [0.1, 0.15) is 11.8 Å². The van der Waals surface area contributed by atoms with E-state index in [1.807, 2.05) is 12.1 Å². The van der Waals surface area contributed by atoms with E-state index < -0.39 is 0 Å². The van der Waals surface area contributed by atoms with Crippen LogP contribution in [-0.2, 0) is 0 Å². The highest BCUT2D eigenvalue weighted by molar-refractivity contribution is 6.35. The fourth-order valence-corrected chi connectivity index (χ4v) is 1.79. The second kappa shape index (κ2) is 5.68. The maximum atomic E-state index is 9.15. The number of nitrogens with zero attached hydrogens (tertiary/aromatic N) is 2. The predicted octanol–water partition coefficient (Wildman–Crippen LogP) is 4.64. The molecule has 0 bridgehead atoms. The van der Waals surface area contributed by atoms with E-state index >= 15 is 0 Å². The van der Waals surface area contributed by atoms with Crippen LogP contribution < -0.4 is 0 Å². The smallest absolute Gasteiger partial charge is 0.149 e. The molecule has 0 fully saturated rings. The van der Waals surface area contributed by atoms with E-state index in [2.05, 4.69) is 11.1 Å². The summed E-state index contributed by atoms with van der Waals surface area (Å²) < 4.78 is 0. The summed E-state index contributed by atoms with van der Waals surface area (Å²) >= 11 is 11.8. The molecule has 0 N–H and O–H groups in total. The van der Waals surface area contributed by atoms with Crippen LogP contribution in [0.25, 0.3) is 0 Å². The van der Waals surface area contributed by atoms with Gasteiger partial charge in [-0.2, -0.15) is 5.26 Å². The van der Waals surface area contributed by atoms with E-state index in [1.54, 1.807) is 36.4 Å². The van der Waals surface area contributed by atoms with Gasteiger partial charge in [-0.05, 0) is 30.3 Å². The van der Waals surface area contributed by atoms with Crippen LogP contribution in [0.15, 0.2) is 53.5 Å². The third-order valence-corrected chi connectivity index (χ3v) is 2.88. The Balaban J connectivity index is 2.44. The van der Waals surface area contributed by atoms with Crippen LogP contribution in [0, 0.1) is 11.3 Å². The zero-order valence-corrected chi connectivity index (χ0v) is 10.8. The molecule has 0 aliphatic rings. The molecular formula is C14H8Cl2N2. The van der Waals surface area contributed by atoms with Crippen molar-refractivity contribution in [3.8, 4) is 6.07 Å². The van der Waals surface area contributed by atoms with Crippen molar-refractivity contribution < 1.29 is 0 Å². The first-order valence-corrected chi connectivity index (χ1v) is 5.95. The Kier molecular flexibility index (Phi) is 3.99. The number of hydrogen-bond donors (Lipinski definition) is 0. The third-order valence-electron chi connectivity index (χ3n) is 2.30. The van der Waals surface area contributed by atoms with Gasteiger partial charge in [0.2, 0.25) is 0 Å². The molecule has 2 aromatic rings. The van der Waals surface area contributed by atoms with Crippen molar-refractivity contribution >= 4 is 34.6 Å². The number of benzene rings is 2. The fraction of sp³-hybridized carbons (Fsp3) is 0. The molecule has 0 aliphatic heterocycles. The number of rotatable bonds is 2. The minimum absolute atomic E-state index is 0.280. The Morgan fingerprint density at radius 3 is 2.28 bits per heavy atom. The highest BCUT2D eigenvalue weighted by Gasteiger charge is 2.06. The first-order valence-electron chi connectivity index (χ1n) is 5.20. The van der Waals surface area contributed by atoms with Crippen LogP contribution >= 0.6 is 23.2 Å². The summed E-state index contributed by atoms with van der Waals surface area (Å²) in [5.41, 5.74) is 1.57. The first kappa shape index (κ1) is 12.6. The minimum atomic E-state index is 0.280. The van der Waals surface area contributed by atoms with Crippen molar-refractivity contribution in [1.82, 2.24) is 0 Å². The summed E-state index contributed by atoms with van der Waals surface area (Å²) in [4.78, 5) is 4.26. The molecule has 0 aliphatic carbocycles. The lowest BCUT2D eigenvalue weighted by Crippen LogP contribution is -1.97. The van der Waals surface area contributed by atoms with Crippen molar-refractivity contribution in [2.24, 2.45) is 4.99 Å². The molecular weight excluding hydrogens is 267 g/mol. The van der Waals surface area contributed by atoms with Gasteiger partial charge in [-0.25, -0.2) is 4.99 Å². The molecule has 0 aromatic heterocycles. The predicted molar refractivity (Wildman–Crippen MR) is 74.7 cm³/mol. The molecule has 2 nitrogen and oxygen atoms in total. The zero-order valence-electron chi connectivity index (χ0n) is 9.27. The summed E-state index contributed by atoms with van der Waals surface area (Å²) in [6, 6.07) is 16.1. The molecule has 0 saturated heterocycles. The van der Waals surface area contributed by atoms with E-state index in [-0.39, 0.29) is 5.71 Å². The van der Waals surface area contributed by atoms with Crippen LogP contribution in [0.2, 0.25) is 10.0 Å². The summed E-state index contributed by atoms with van der Waals surface area (Å²) in [6.45, 7) is 0. The zero-order chi connectivity index (χ0) is 13.0. The quantitative estimate of drug-likeness (QED) is 0.735. The van der Waals surface area contributed by atoms with Crippen molar-refractivity contribution in [3.63, 3.8) is 0 Å². The molecule has 0 amide bonds. The largest absolute Gasteiger partial charge is 0.237 e. The molecule has 2 aromatic carbocycles. The Bertz CT molecular complexity index is 625. The van der Waals surface area contributed by atoms with Crippen LogP contribution in [0.5, 0.6) is 0 Å². The van der Waals surface area contributed by atoms with E-state index in [4.69, 9.17) is 28.5 Å². The number of hydrogen-bond acceptors (Lipinski definition) is 2. The second-order valence-corrected chi connectivity index (χ2v) is 4.37. The van der Waals surface area contributed by atoms with Gasteiger partial charge in [-0.3, -0.25) is 0 Å². The summed E-state index contributed by atoms with van der Waals surface area (Å²) in [6.07, 6.45) is 0. The van der Waals surface area contributed by atoms with Gasteiger partial charge < -0.3 is 0 Å². The van der Waals surface area contributed by atoms with Gasteiger partial charge in [0.15, 0.2) is 0 Å². The molecule has 0 unspecified atom stereocenters. The maximum Gasteiger partial charge on any atom is 0.149 e. The first-order chi connectivity index (χ1) is 8.70. The molecule has 88 valence electrons. The van der Waals surface area contributed by atoms with Gasteiger partial charge in [-0.1, -0.05) is 41.4 Å². The minimum Gasteiger partial charge on any atom is -0.237 e. The van der Waals surface area contributed by atoms with Crippen LogP contribution in [0.1, 0.15) is 5.56 Å². The lowest BCUT2D eigenvalue weighted by molar-refractivity contribution is 1.48. The highest BCUT2D eigenvalue weighted by Crippen LogP contribution is 2.20. The lowest BCUT2D eigenvalue weighted by Gasteiger charge is -2.01. The Labute approximate surface area is 115 Å². The Hall–Kier alpha value is -1.82. The lowest BCUT2D eigenvalue weighted by atomic mass is 10.1. The van der Waals surface area contributed by atoms with Gasteiger partial charge in [0, 0.05) is 10.6 Å². The molecule has 0 radical (unpaired) electrons. The Morgan fingerprint density at radius 1 is 1.00 bits per heavy atom. The average Bonchev–Trinajstić information content (AvgIpc) is 2.39. The van der Waals surface area contributed by atoms with E-state index in [0.717, 1.165) is 0 Å². The summed E-state index contributed by atoms with van der Waals surface area (Å²) in [5, 5.41) is 10.3. The van der Waals surface area contributed by atoms with Gasteiger partial charge >= 0.3 is 0 Å². The normalized spacial score (nSPS) is 11.1. The summed E-state index contributed by atoms with van der Waals surface area (Å²) in [7, 11) is 0.